The van der Waals surface area contributed by atoms with E-state index in [1.54, 1.807) is 13.8 Å². The van der Waals surface area contributed by atoms with Gasteiger partial charge in [0.1, 0.15) is 17.4 Å². The first kappa shape index (κ1) is 14.4. The molecule has 0 spiro atoms. The number of carbonyl (C=O) groups is 1. The minimum absolute atomic E-state index is 0.122. The van der Waals surface area contributed by atoms with E-state index < -0.39 is 17.2 Å². The largest absolute Gasteiger partial charge is 0.453 e. The molecule has 0 aliphatic rings. The van der Waals surface area contributed by atoms with Crippen LogP contribution in [-0.4, -0.2) is 11.3 Å². The SMILES string of the molecule is CC(C)(N)CC(=O)c1ccc(-c2cc(F)cc(F)c2)o1. The van der Waals surface area contributed by atoms with E-state index >= 15 is 0 Å². The number of halogens is 2. The van der Waals surface area contributed by atoms with Crippen LogP contribution in [0.5, 0.6) is 0 Å². The van der Waals surface area contributed by atoms with Crippen LogP contribution in [0.1, 0.15) is 30.8 Å². The average molecular weight is 279 g/mol. The highest BCUT2D eigenvalue weighted by atomic mass is 19.1. The first-order chi connectivity index (χ1) is 9.24. The molecule has 1 aromatic carbocycles. The van der Waals surface area contributed by atoms with Crippen molar-refractivity contribution >= 4 is 5.78 Å². The van der Waals surface area contributed by atoms with E-state index in [2.05, 4.69) is 0 Å². The first-order valence-corrected chi connectivity index (χ1v) is 6.13. The van der Waals surface area contributed by atoms with Gasteiger partial charge < -0.3 is 10.2 Å². The van der Waals surface area contributed by atoms with Crippen molar-refractivity contribution in [2.75, 3.05) is 0 Å². The van der Waals surface area contributed by atoms with Gasteiger partial charge in [-0.15, -0.1) is 0 Å². The van der Waals surface area contributed by atoms with Gasteiger partial charge in [0, 0.05) is 23.6 Å². The van der Waals surface area contributed by atoms with Gasteiger partial charge >= 0.3 is 0 Å². The lowest BCUT2D eigenvalue weighted by atomic mass is 9.98. The zero-order valence-electron chi connectivity index (χ0n) is 11.2. The Bertz CT molecular complexity index is 621. The summed E-state index contributed by atoms with van der Waals surface area (Å²) in [5, 5.41) is 0. The molecule has 0 aliphatic heterocycles. The average Bonchev–Trinajstić information content (AvgIpc) is 2.74. The van der Waals surface area contributed by atoms with Gasteiger partial charge in [-0.1, -0.05) is 0 Å². The lowest BCUT2D eigenvalue weighted by Crippen LogP contribution is -2.34. The summed E-state index contributed by atoms with van der Waals surface area (Å²) in [6.45, 7) is 3.47. The maximum absolute atomic E-state index is 13.1. The van der Waals surface area contributed by atoms with Crippen LogP contribution in [0.3, 0.4) is 0 Å². The number of rotatable bonds is 4. The summed E-state index contributed by atoms with van der Waals surface area (Å²) in [6, 6.07) is 6.04. The highest BCUT2D eigenvalue weighted by Crippen LogP contribution is 2.25. The molecule has 106 valence electrons. The van der Waals surface area contributed by atoms with Crippen molar-refractivity contribution in [3.8, 4) is 11.3 Å². The minimum atomic E-state index is -0.702. The number of hydrogen-bond donors (Lipinski definition) is 1. The molecule has 0 saturated heterocycles. The molecule has 1 heterocycles. The predicted octanol–water partition coefficient (Wildman–Crippen LogP) is 3.53. The van der Waals surface area contributed by atoms with Gasteiger partial charge in [-0.3, -0.25) is 4.79 Å². The minimum Gasteiger partial charge on any atom is -0.453 e. The summed E-state index contributed by atoms with van der Waals surface area (Å²) in [4.78, 5) is 11.9. The molecule has 0 fully saturated rings. The van der Waals surface area contributed by atoms with E-state index in [-0.39, 0.29) is 29.3 Å². The van der Waals surface area contributed by atoms with Gasteiger partial charge in [-0.05, 0) is 38.1 Å². The zero-order chi connectivity index (χ0) is 14.9. The molecule has 0 aliphatic carbocycles. The van der Waals surface area contributed by atoms with Crippen LogP contribution in [0.25, 0.3) is 11.3 Å². The van der Waals surface area contributed by atoms with Gasteiger partial charge in [0.25, 0.3) is 0 Å². The van der Waals surface area contributed by atoms with E-state index in [1.807, 2.05) is 0 Å². The highest BCUT2D eigenvalue weighted by Gasteiger charge is 2.20. The van der Waals surface area contributed by atoms with Crippen molar-refractivity contribution in [1.29, 1.82) is 0 Å². The maximum Gasteiger partial charge on any atom is 0.199 e. The molecule has 1 aromatic heterocycles. The summed E-state index contributed by atoms with van der Waals surface area (Å²) < 4.78 is 31.6. The molecule has 0 unspecified atom stereocenters. The predicted molar refractivity (Wildman–Crippen MR) is 71.3 cm³/mol. The Morgan fingerprint density at radius 2 is 1.80 bits per heavy atom. The number of furan rings is 1. The normalized spacial score (nSPS) is 11.7. The molecule has 0 amide bonds. The van der Waals surface area contributed by atoms with Crippen LogP contribution in [0, 0.1) is 11.6 Å². The lowest BCUT2D eigenvalue weighted by Gasteiger charge is -2.15. The molecule has 20 heavy (non-hydrogen) atoms. The molecule has 2 N–H and O–H groups in total. The van der Waals surface area contributed by atoms with E-state index in [0.717, 1.165) is 18.2 Å². The molecule has 0 atom stereocenters. The van der Waals surface area contributed by atoms with E-state index in [1.165, 1.54) is 12.1 Å². The van der Waals surface area contributed by atoms with Crippen molar-refractivity contribution < 1.29 is 18.0 Å². The molecule has 0 radical (unpaired) electrons. The van der Waals surface area contributed by atoms with Crippen molar-refractivity contribution in [1.82, 2.24) is 0 Å². The Labute approximate surface area is 115 Å². The quantitative estimate of drug-likeness (QED) is 0.871. The molecule has 2 aromatic rings. The van der Waals surface area contributed by atoms with Crippen molar-refractivity contribution in [3.05, 3.63) is 47.7 Å². The molecular weight excluding hydrogens is 264 g/mol. The smallest absolute Gasteiger partial charge is 0.199 e. The summed E-state index contributed by atoms with van der Waals surface area (Å²) in [5.74, 6) is -1.29. The molecule has 5 heteroatoms. The third kappa shape index (κ3) is 3.51. The Morgan fingerprint density at radius 3 is 2.35 bits per heavy atom. The second-order valence-corrected chi connectivity index (χ2v) is 5.41. The fraction of sp³-hybridized carbons (Fsp3) is 0.267. The van der Waals surface area contributed by atoms with Gasteiger partial charge in [-0.2, -0.15) is 0 Å². The van der Waals surface area contributed by atoms with Gasteiger partial charge in [-0.25, -0.2) is 8.78 Å². The highest BCUT2D eigenvalue weighted by molar-refractivity contribution is 5.94. The third-order valence-electron chi connectivity index (χ3n) is 2.64. The fourth-order valence-corrected chi connectivity index (χ4v) is 1.84. The Kier molecular flexibility index (Phi) is 3.72. The topological polar surface area (TPSA) is 56.2 Å². The van der Waals surface area contributed by atoms with Gasteiger partial charge in [0.15, 0.2) is 11.5 Å². The fourth-order valence-electron chi connectivity index (χ4n) is 1.84. The Balaban J connectivity index is 2.27. The van der Waals surface area contributed by atoms with E-state index in [9.17, 15) is 13.6 Å². The molecule has 2 rings (SSSR count). The molecule has 0 saturated carbocycles. The maximum atomic E-state index is 13.1. The molecular formula is C15H15F2NO2. The van der Waals surface area contributed by atoms with Crippen molar-refractivity contribution in [2.24, 2.45) is 5.73 Å². The van der Waals surface area contributed by atoms with E-state index in [4.69, 9.17) is 10.2 Å². The van der Waals surface area contributed by atoms with Gasteiger partial charge in [0.2, 0.25) is 0 Å². The monoisotopic (exact) mass is 279 g/mol. The van der Waals surface area contributed by atoms with Gasteiger partial charge in [0.05, 0.1) is 0 Å². The van der Waals surface area contributed by atoms with Crippen molar-refractivity contribution in [3.63, 3.8) is 0 Å². The number of carbonyl (C=O) groups excluding carboxylic acids is 1. The van der Waals surface area contributed by atoms with Crippen LogP contribution < -0.4 is 5.73 Å². The Morgan fingerprint density at radius 1 is 1.20 bits per heavy atom. The summed E-state index contributed by atoms with van der Waals surface area (Å²) in [5.41, 5.74) is 5.37. The number of ketones is 1. The van der Waals surface area contributed by atoms with Crippen LogP contribution in [0.15, 0.2) is 34.7 Å². The first-order valence-electron chi connectivity index (χ1n) is 6.13. The van der Waals surface area contributed by atoms with Crippen LogP contribution in [-0.2, 0) is 0 Å². The summed E-state index contributed by atoms with van der Waals surface area (Å²) >= 11 is 0. The number of hydrogen-bond acceptors (Lipinski definition) is 3. The van der Waals surface area contributed by atoms with Crippen LogP contribution in [0.2, 0.25) is 0 Å². The Hall–Kier alpha value is -2.01. The van der Waals surface area contributed by atoms with Crippen LogP contribution >= 0.6 is 0 Å². The standard InChI is InChI=1S/C15H15F2NO2/c1-15(2,18)8-12(19)14-4-3-13(20-14)9-5-10(16)7-11(17)6-9/h3-7H,8,18H2,1-2H3. The van der Waals surface area contributed by atoms with Crippen molar-refractivity contribution in [2.45, 2.75) is 25.8 Å². The number of Topliss-reactive ketones (excluding diaryl/α,β-unsaturated/α-hetero) is 1. The second kappa shape index (κ2) is 5.17. The van der Waals surface area contributed by atoms with Crippen LogP contribution in [0.4, 0.5) is 8.78 Å². The summed E-state index contributed by atoms with van der Waals surface area (Å²) in [7, 11) is 0. The molecule has 0 bridgehead atoms. The third-order valence-corrected chi connectivity index (χ3v) is 2.64. The number of nitrogens with two attached hydrogens (primary N) is 1. The van der Waals surface area contributed by atoms with E-state index in [0.29, 0.717) is 0 Å². The summed E-state index contributed by atoms with van der Waals surface area (Å²) in [6.07, 6.45) is 0.122. The lowest BCUT2D eigenvalue weighted by molar-refractivity contribution is 0.0934. The number of benzene rings is 1. The second-order valence-electron chi connectivity index (χ2n) is 5.41. The zero-order valence-corrected chi connectivity index (χ0v) is 11.2. The molecule has 3 nitrogen and oxygen atoms in total.